The van der Waals surface area contributed by atoms with Gasteiger partial charge in [-0.15, -0.1) is 0 Å². The largest absolute Gasteiger partial charge is 0.481 e. The monoisotopic (exact) mass is 222 g/mol. The molecule has 88 valence electrons. The predicted octanol–water partition coefficient (Wildman–Crippen LogP) is -1.04. The predicted molar refractivity (Wildman–Crippen MR) is 52.1 cm³/mol. The first-order chi connectivity index (χ1) is 7.52. The molecular weight excluding hydrogens is 203 g/mol. The van der Waals surface area contributed by atoms with Gasteiger partial charge in [-0.3, -0.25) is 9.59 Å². The number of aliphatic carboxylic acids is 1. The van der Waals surface area contributed by atoms with Crippen LogP contribution in [0.3, 0.4) is 0 Å². The molecule has 0 aromatic carbocycles. The zero-order chi connectivity index (χ0) is 13.9. The number of carbonyl (C=O) groups is 2. The highest BCUT2D eigenvalue weighted by atomic mass is 16.4. The number of rotatable bonds is 6. The third-order valence-corrected chi connectivity index (χ3v) is 1.85. The average Bonchev–Trinajstić information content (AvgIpc) is 2.13. The summed E-state index contributed by atoms with van der Waals surface area (Å²) in [4.78, 5) is 21.8. The highest BCUT2D eigenvalue weighted by Gasteiger charge is 2.32. The van der Waals surface area contributed by atoms with E-state index in [9.17, 15) is 14.7 Å². The van der Waals surface area contributed by atoms with E-state index in [1.165, 1.54) is 13.8 Å². The Morgan fingerprint density at radius 2 is 2.07 bits per heavy atom. The smallest absolute Gasteiger partial charge is 0.305 e. The number of carboxylic acid groups (broad SMARTS) is 1. The summed E-state index contributed by atoms with van der Waals surface area (Å²) in [5.74, 6) is -2.47. The lowest BCUT2D eigenvalue weighted by atomic mass is 9.87. The minimum atomic E-state index is -2.45. The topological polar surface area (TPSA) is 107 Å². The third kappa shape index (κ3) is 4.75. The van der Waals surface area contributed by atoms with Crippen LogP contribution in [0.5, 0.6) is 0 Å². The standard InChI is InChI=1S/C9H17NO5/c1-9(2,5-11)7(14)8(15)10-4-3-6(12)13/h7,11,14H,3-5H2,1-2H3,(H,10,15)(H,12,13)/t7-/m1/s1/i4+1D2. The molecule has 0 aromatic rings. The van der Waals surface area contributed by atoms with E-state index in [1.54, 1.807) is 5.32 Å². The zero-order valence-corrected chi connectivity index (χ0v) is 8.65. The average molecular weight is 222 g/mol. The van der Waals surface area contributed by atoms with E-state index in [4.69, 9.17) is 13.0 Å². The number of carbonyl (C=O) groups excluding carboxylic acids is 1. The molecule has 0 unspecified atom stereocenters. The number of aliphatic hydroxyl groups is 2. The first-order valence-corrected chi connectivity index (χ1v) is 4.34. The Bertz CT molecular complexity index is 306. The second-order valence-corrected chi connectivity index (χ2v) is 3.79. The fraction of sp³-hybridized carbons (Fsp3) is 0.778. The summed E-state index contributed by atoms with van der Waals surface area (Å²) in [5, 5.41) is 28.7. The summed E-state index contributed by atoms with van der Waals surface area (Å²) in [5.41, 5.74) is -1.14. The van der Waals surface area contributed by atoms with E-state index in [0.29, 0.717) is 0 Å². The zero-order valence-electron chi connectivity index (χ0n) is 10.6. The fourth-order valence-electron chi connectivity index (χ4n) is 0.717. The van der Waals surface area contributed by atoms with E-state index in [0.717, 1.165) is 0 Å². The maximum absolute atomic E-state index is 11.4. The van der Waals surface area contributed by atoms with Crippen molar-refractivity contribution in [1.82, 2.24) is 5.32 Å². The van der Waals surface area contributed by atoms with Crippen LogP contribution in [0.1, 0.15) is 23.0 Å². The lowest BCUT2D eigenvalue weighted by Crippen LogP contribution is -2.45. The minimum Gasteiger partial charge on any atom is -0.481 e. The van der Waals surface area contributed by atoms with Crippen molar-refractivity contribution in [2.24, 2.45) is 5.41 Å². The van der Waals surface area contributed by atoms with Crippen LogP contribution in [-0.2, 0) is 9.59 Å². The Morgan fingerprint density at radius 3 is 2.47 bits per heavy atom. The number of hydrogen-bond donors (Lipinski definition) is 4. The molecule has 0 heterocycles. The molecule has 6 heteroatoms. The Kier molecular flexibility index (Phi) is 3.92. The lowest BCUT2D eigenvalue weighted by molar-refractivity contribution is -0.138. The number of carboxylic acids is 1. The quantitative estimate of drug-likeness (QED) is 0.429. The van der Waals surface area contributed by atoms with Gasteiger partial charge in [-0.2, -0.15) is 0 Å². The van der Waals surface area contributed by atoms with E-state index >= 15 is 0 Å². The summed E-state index contributed by atoms with van der Waals surface area (Å²) in [6.07, 6.45) is -2.54. The summed E-state index contributed by atoms with van der Waals surface area (Å²) in [6.45, 7) is -0.0764. The van der Waals surface area contributed by atoms with Crippen LogP contribution >= 0.6 is 0 Å². The summed E-state index contributed by atoms with van der Waals surface area (Å²) in [7, 11) is 0. The van der Waals surface area contributed by atoms with Gasteiger partial charge in [-0.05, 0) is 0 Å². The fourth-order valence-corrected chi connectivity index (χ4v) is 0.717. The molecule has 1 amide bonds. The van der Waals surface area contributed by atoms with Gasteiger partial charge in [0.15, 0.2) is 0 Å². The van der Waals surface area contributed by atoms with Crippen molar-refractivity contribution < 1.29 is 27.7 Å². The molecule has 6 nitrogen and oxygen atoms in total. The van der Waals surface area contributed by atoms with Gasteiger partial charge in [0.2, 0.25) is 5.91 Å². The van der Waals surface area contributed by atoms with Crippen LogP contribution < -0.4 is 5.32 Å². The molecule has 0 saturated carbocycles. The highest BCUT2D eigenvalue weighted by molar-refractivity contribution is 5.81. The molecule has 0 aliphatic heterocycles. The molecule has 0 spiro atoms. The molecule has 0 aliphatic rings. The lowest BCUT2D eigenvalue weighted by Gasteiger charge is -2.26. The second kappa shape index (κ2) is 5.67. The van der Waals surface area contributed by atoms with Crippen molar-refractivity contribution in [2.45, 2.75) is 26.4 Å². The van der Waals surface area contributed by atoms with Crippen molar-refractivity contribution in [2.75, 3.05) is 13.1 Å². The molecule has 0 rings (SSSR count). The summed E-state index contributed by atoms with van der Waals surface area (Å²) >= 11 is 0. The van der Waals surface area contributed by atoms with E-state index in [-0.39, 0.29) is 0 Å². The van der Waals surface area contributed by atoms with E-state index in [1.807, 2.05) is 0 Å². The number of hydrogen-bond acceptors (Lipinski definition) is 4. The van der Waals surface area contributed by atoms with Gasteiger partial charge in [-0.1, -0.05) is 13.8 Å². The van der Waals surface area contributed by atoms with Crippen LogP contribution in [0.25, 0.3) is 0 Å². The third-order valence-electron chi connectivity index (χ3n) is 1.85. The number of nitrogens with one attached hydrogen (secondary N) is 1. The van der Waals surface area contributed by atoms with Crippen molar-refractivity contribution in [3.05, 3.63) is 0 Å². The van der Waals surface area contributed by atoms with Crippen LogP contribution in [-0.4, -0.2) is 46.4 Å². The van der Waals surface area contributed by atoms with Gasteiger partial charge in [-0.25, -0.2) is 0 Å². The SMILES string of the molecule is [2H][13C]([2H])(CC(=O)O)NC(=O)[C@@H](O)C(C)(C)CO. The van der Waals surface area contributed by atoms with Crippen molar-refractivity contribution in [1.29, 1.82) is 0 Å². The maximum Gasteiger partial charge on any atom is 0.305 e. The van der Waals surface area contributed by atoms with Gasteiger partial charge < -0.3 is 20.6 Å². The molecule has 15 heavy (non-hydrogen) atoms. The number of amides is 1. The molecule has 0 saturated heterocycles. The van der Waals surface area contributed by atoms with Crippen LogP contribution in [0.15, 0.2) is 0 Å². The van der Waals surface area contributed by atoms with Gasteiger partial charge in [0.25, 0.3) is 0 Å². The first kappa shape index (κ1) is 10.4. The van der Waals surface area contributed by atoms with Crippen molar-refractivity contribution >= 4 is 11.9 Å². The van der Waals surface area contributed by atoms with Crippen LogP contribution in [0.4, 0.5) is 0 Å². The minimum absolute atomic E-state index is 0.469. The molecule has 0 radical (unpaired) electrons. The molecule has 0 aromatic heterocycles. The number of aliphatic hydroxyl groups excluding tert-OH is 2. The van der Waals surface area contributed by atoms with Gasteiger partial charge >= 0.3 is 5.97 Å². The highest BCUT2D eigenvalue weighted by Crippen LogP contribution is 2.19. The molecule has 4 N–H and O–H groups in total. The molecular formula is C9H17NO5. The van der Waals surface area contributed by atoms with Gasteiger partial charge in [0, 0.05) is 14.7 Å². The van der Waals surface area contributed by atoms with Gasteiger partial charge in [0.1, 0.15) is 6.10 Å². The molecule has 0 aliphatic carbocycles. The van der Waals surface area contributed by atoms with Gasteiger partial charge in [0.05, 0.1) is 13.0 Å². The molecule has 1 atom stereocenters. The second-order valence-electron chi connectivity index (χ2n) is 3.79. The molecule has 0 bridgehead atoms. The Morgan fingerprint density at radius 1 is 1.53 bits per heavy atom. The van der Waals surface area contributed by atoms with Crippen LogP contribution in [0, 0.1) is 5.41 Å². The normalized spacial score (nSPS) is 16.3. The maximum atomic E-state index is 11.4. The Balaban J connectivity index is 4.59. The Labute approximate surface area is 90.7 Å². The van der Waals surface area contributed by atoms with Crippen LogP contribution in [0.2, 0.25) is 0 Å². The van der Waals surface area contributed by atoms with E-state index in [2.05, 4.69) is 0 Å². The molecule has 0 fully saturated rings. The first-order valence-electron chi connectivity index (χ1n) is 5.34. The summed E-state index contributed by atoms with van der Waals surface area (Å²) < 4.78 is 14.4. The van der Waals surface area contributed by atoms with E-state index < -0.39 is 42.9 Å². The van der Waals surface area contributed by atoms with Crippen molar-refractivity contribution in [3.8, 4) is 0 Å². The Hall–Kier alpha value is -1.14. The van der Waals surface area contributed by atoms with Crippen molar-refractivity contribution in [3.63, 3.8) is 0 Å². The summed E-state index contributed by atoms with van der Waals surface area (Å²) in [6, 6.07) is 0.